The van der Waals surface area contributed by atoms with Crippen molar-refractivity contribution in [3.63, 3.8) is 0 Å². The maximum Gasteiger partial charge on any atom is 0.223 e. The van der Waals surface area contributed by atoms with Crippen LogP contribution in [0.4, 0.5) is 0 Å². The fourth-order valence-electron chi connectivity index (χ4n) is 6.83. The van der Waals surface area contributed by atoms with Gasteiger partial charge in [-0.2, -0.15) is 0 Å². The lowest BCUT2D eigenvalue weighted by Gasteiger charge is -2.53. The Morgan fingerprint density at radius 1 is 0.818 bits per heavy atom. The minimum Gasteiger partial charge on any atom is -0.353 e. The van der Waals surface area contributed by atoms with E-state index in [4.69, 9.17) is 0 Å². The smallest absolute Gasteiger partial charge is 0.223 e. The SMILES string of the molecule is Cl.O=C(NC1CC2CCC(C1)N2)C1C2CC3CC(C2)CC1C3. The number of halogens is 1. The van der Waals surface area contributed by atoms with Crippen LogP contribution in [0.5, 0.6) is 0 Å². The average Bonchev–Trinajstić information content (AvgIpc) is 2.76. The Labute approximate surface area is 139 Å². The van der Waals surface area contributed by atoms with Gasteiger partial charge in [-0.05, 0) is 81.5 Å². The van der Waals surface area contributed by atoms with Gasteiger partial charge in [-0.3, -0.25) is 4.79 Å². The first-order valence-corrected chi connectivity index (χ1v) is 9.31. The molecule has 2 saturated heterocycles. The first-order chi connectivity index (χ1) is 10.2. The fraction of sp³-hybridized carbons (Fsp3) is 0.944. The van der Waals surface area contributed by atoms with Crippen LogP contribution in [0.1, 0.15) is 57.8 Å². The van der Waals surface area contributed by atoms with E-state index in [1.54, 1.807) is 0 Å². The highest BCUT2D eigenvalue weighted by Crippen LogP contribution is 2.56. The maximum atomic E-state index is 12.9. The third kappa shape index (κ3) is 2.49. The maximum absolute atomic E-state index is 12.9. The number of piperidine rings is 1. The number of hydrogen-bond acceptors (Lipinski definition) is 2. The summed E-state index contributed by atoms with van der Waals surface area (Å²) in [5.74, 6) is 4.16. The summed E-state index contributed by atoms with van der Waals surface area (Å²) in [6.45, 7) is 0. The van der Waals surface area contributed by atoms with Gasteiger partial charge >= 0.3 is 0 Å². The van der Waals surface area contributed by atoms with Gasteiger partial charge < -0.3 is 10.6 Å². The van der Waals surface area contributed by atoms with Crippen LogP contribution in [0.15, 0.2) is 0 Å². The Morgan fingerprint density at radius 2 is 1.36 bits per heavy atom. The summed E-state index contributed by atoms with van der Waals surface area (Å²) in [5, 5.41) is 7.14. The molecule has 2 N–H and O–H groups in total. The third-order valence-electron chi connectivity index (χ3n) is 7.35. The van der Waals surface area contributed by atoms with Crippen LogP contribution in [-0.4, -0.2) is 24.0 Å². The van der Waals surface area contributed by atoms with E-state index in [0.29, 0.717) is 30.0 Å². The number of rotatable bonds is 2. The molecule has 6 bridgehead atoms. The van der Waals surface area contributed by atoms with Crippen molar-refractivity contribution in [2.24, 2.45) is 29.6 Å². The van der Waals surface area contributed by atoms with E-state index in [1.807, 2.05) is 0 Å². The summed E-state index contributed by atoms with van der Waals surface area (Å²) in [6.07, 6.45) is 11.8. The quantitative estimate of drug-likeness (QED) is 0.820. The molecule has 4 heteroatoms. The monoisotopic (exact) mass is 324 g/mol. The predicted molar refractivity (Wildman–Crippen MR) is 88.9 cm³/mol. The molecule has 22 heavy (non-hydrogen) atoms. The van der Waals surface area contributed by atoms with E-state index in [1.165, 1.54) is 44.9 Å². The molecule has 4 saturated carbocycles. The first kappa shape index (κ1) is 15.3. The topological polar surface area (TPSA) is 41.1 Å². The first-order valence-electron chi connectivity index (χ1n) is 9.31. The molecule has 0 aromatic rings. The normalized spacial score (nSPS) is 51.5. The lowest BCUT2D eigenvalue weighted by atomic mass is 9.51. The predicted octanol–water partition coefficient (Wildman–Crippen LogP) is 2.88. The van der Waals surface area contributed by atoms with Gasteiger partial charge in [0.15, 0.2) is 0 Å². The summed E-state index contributed by atoms with van der Waals surface area (Å²) in [6, 6.07) is 1.80. The van der Waals surface area contributed by atoms with Crippen molar-refractivity contribution in [2.75, 3.05) is 0 Å². The molecule has 124 valence electrons. The zero-order valence-electron chi connectivity index (χ0n) is 13.3. The van der Waals surface area contributed by atoms with Crippen LogP contribution in [-0.2, 0) is 4.79 Å². The standard InChI is InChI=1S/C18H28N2O.ClH/c21-18(20-16-8-14-1-2-15(9-16)19-14)17-12-4-10-3-11(6-12)7-13(17)5-10;/h10-17,19H,1-9H2,(H,20,21);1H. The molecule has 6 fully saturated rings. The molecule has 6 rings (SSSR count). The molecule has 0 spiro atoms. The minimum atomic E-state index is 0. The molecule has 4 aliphatic carbocycles. The number of hydrogen-bond donors (Lipinski definition) is 2. The Morgan fingerprint density at radius 3 is 1.91 bits per heavy atom. The van der Waals surface area contributed by atoms with E-state index < -0.39 is 0 Å². The number of amides is 1. The van der Waals surface area contributed by atoms with E-state index in [0.717, 1.165) is 36.5 Å². The Hall–Kier alpha value is -0.280. The molecular weight excluding hydrogens is 296 g/mol. The van der Waals surface area contributed by atoms with Gasteiger partial charge in [0.25, 0.3) is 0 Å². The lowest BCUT2D eigenvalue weighted by molar-refractivity contribution is -0.139. The van der Waals surface area contributed by atoms with Gasteiger partial charge in [-0.1, -0.05) is 0 Å². The van der Waals surface area contributed by atoms with Gasteiger partial charge in [-0.25, -0.2) is 0 Å². The Kier molecular flexibility index (Phi) is 3.93. The van der Waals surface area contributed by atoms with Gasteiger partial charge in [0, 0.05) is 24.0 Å². The second kappa shape index (κ2) is 5.66. The van der Waals surface area contributed by atoms with E-state index in [-0.39, 0.29) is 12.4 Å². The fourth-order valence-corrected chi connectivity index (χ4v) is 6.83. The zero-order valence-corrected chi connectivity index (χ0v) is 14.1. The van der Waals surface area contributed by atoms with Crippen molar-refractivity contribution in [1.29, 1.82) is 0 Å². The van der Waals surface area contributed by atoms with Crippen LogP contribution in [0, 0.1) is 29.6 Å². The molecule has 2 heterocycles. The summed E-state index contributed by atoms with van der Waals surface area (Å²) in [4.78, 5) is 12.9. The molecule has 0 aromatic carbocycles. The lowest BCUT2D eigenvalue weighted by Crippen LogP contribution is -2.54. The molecule has 0 aromatic heterocycles. The molecule has 0 radical (unpaired) electrons. The highest BCUT2D eigenvalue weighted by Gasteiger charge is 2.51. The Bertz CT molecular complexity index is 414. The molecule has 3 nitrogen and oxygen atoms in total. The van der Waals surface area contributed by atoms with Gasteiger partial charge in [0.2, 0.25) is 5.91 Å². The summed E-state index contributed by atoms with van der Waals surface area (Å²) in [7, 11) is 0. The van der Waals surface area contributed by atoms with Crippen LogP contribution in [0.3, 0.4) is 0 Å². The minimum absolute atomic E-state index is 0. The van der Waals surface area contributed by atoms with Gasteiger partial charge in [0.1, 0.15) is 0 Å². The molecule has 2 aliphatic heterocycles. The highest BCUT2D eigenvalue weighted by atomic mass is 35.5. The highest BCUT2D eigenvalue weighted by molar-refractivity contribution is 5.85. The second-order valence-electron chi connectivity index (χ2n) is 8.77. The molecule has 6 aliphatic rings. The van der Waals surface area contributed by atoms with E-state index >= 15 is 0 Å². The van der Waals surface area contributed by atoms with E-state index in [2.05, 4.69) is 10.6 Å². The summed E-state index contributed by atoms with van der Waals surface area (Å²) < 4.78 is 0. The van der Waals surface area contributed by atoms with Crippen molar-refractivity contribution in [2.45, 2.75) is 75.9 Å². The second-order valence-corrected chi connectivity index (χ2v) is 8.77. The number of carbonyl (C=O) groups excluding carboxylic acids is 1. The van der Waals surface area contributed by atoms with Crippen molar-refractivity contribution >= 4 is 18.3 Å². The van der Waals surface area contributed by atoms with Crippen molar-refractivity contribution in [3.8, 4) is 0 Å². The van der Waals surface area contributed by atoms with Gasteiger partial charge in [-0.15, -0.1) is 12.4 Å². The number of fused-ring (bicyclic) bond motifs is 2. The van der Waals surface area contributed by atoms with Crippen LogP contribution in [0.25, 0.3) is 0 Å². The van der Waals surface area contributed by atoms with Crippen LogP contribution < -0.4 is 10.6 Å². The number of carbonyl (C=O) groups is 1. The summed E-state index contributed by atoms with van der Waals surface area (Å²) in [5.41, 5.74) is 0. The van der Waals surface area contributed by atoms with Crippen molar-refractivity contribution < 1.29 is 4.79 Å². The average molecular weight is 325 g/mol. The molecular formula is C18H29ClN2O. The number of nitrogens with one attached hydrogen (secondary N) is 2. The summed E-state index contributed by atoms with van der Waals surface area (Å²) >= 11 is 0. The zero-order chi connectivity index (χ0) is 14.0. The molecule has 2 atom stereocenters. The third-order valence-corrected chi connectivity index (χ3v) is 7.35. The van der Waals surface area contributed by atoms with Crippen LogP contribution in [0.2, 0.25) is 0 Å². The molecule has 2 unspecified atom stereocenters. The van der Waals surface area contributed by atoms with Crippen molar-refractivity contribution in [3.05, 3.63) is 0 Å². The van der Waals surface area contributed by atoms with Crippen molar-refractivity contribution in [1.82, 2.24) is 10.6 Å². The largest absolute Gasteiger partial charge is 0.353 e. The van der Waals surface area contributed by atoms with Crippen LogP contribution >= 0.6 is 12.4 Å². The van der Waals surface area contributed by atoms with E-state index in [9.17, 15) is 4.79 Å². The van der Waals surface area contributed by atoms with Gasteiger partial charge in [0.05, 0.1) is 0 Å². The Balaban J connectivity index is 0.00000125. The molecule has 1 amide bonds.